The summed E-state index contributed by atoms with van der Waals surface area (Å²) >= 11 is 4.09. The predicted molar refractivity (Wildman–Crippen MR) is 33.3 cm³/mol. The Morgan fingerprint density at radius 3 is 2.17 bits per heavy atom. The van der Waals surface area contributed by atoms with Crippen molar-refractivity contribution in [2.45, 2.75) is 19.1 Å². The molecule has 0 rings (SSSR count). The van der Waals surface area contributed by atoms with Gasteiger partial charge in [0, 0.05) is 5.25 Å². The van der Waals surface area contributed by atoms with Gasteiger partial charge < -0.3 is 0 Å². The van der Waals surface area contributed by atoms with Gasteiger partial charge in [-0.25, -0.2) is 0 Å². The van der Waals surface area contributed by atoms with E-state index >= 15 is 0 Å². The third kappa shape index (κ3) is 4.09. The summed E-state index contributed by atoms with van der Waals surface area (Å²) in [5.74, 6) is 0. The summed E-state index contributed by atoms with van der Waals surface area (Å²) in [4.78, 5) is 0. The molecule has 0 radical (unpaired) electrons. The zero-order chi connectivity index (χ0) is 4.99. The fourth-order valence-corrected chi connectivity index (χ4v) is 0.451. The highest BCUT2D eigenvalue weighted by molar-refractivity contribution is 7.81. The summed E-state index contributed by atoms with van der Waals surface area (Å²) in [5.41, 5.74) is 0. The lowest BCUT2D eigenvalue weighted by atomic mass is 10.4. The average molecular weight is 102 g/mol. The van der Waals surface area contributed by atoms with Crippen molar-refractivity contribution in [3.05, 3.63) is 12.2 Å². The molecule has 0 heterocycles. The number of allylic oxidation sites excluding steroid dienone is 1. The molecule has 0 aliphatic carbocycles. The highest BCUT2D eigenvalue weighted by Crippen LogP contribution is 1.91. The van der Waals surface area contributed by atoms with E-state index in [-0.39, 0.29) is 0 Å². The zero-order valence-electron chi connectivity index (χ0n) is 4.18. The van der Waals surface area contributed by atoms with Crippen LogP contribution in [0.3, 0.4) is 0 Å². The van der Waals surface area contributed by atoms with Gasteiger partial charge in [0.15, 0.2) is 0 Å². The molecule has 0 N–H and O–H groups in total. The Morgan fingerprint density at radius 1 is 1.67 bits per heavy atom. The molecule has 0 amide bonds. The predicted octanol–water partition coefficient (Wildman–Crippen LogP) is 1.88. The number of hydrogen-bond acceptors (Lipinski definition) is 1. The molecule has 0 saturated carbocycles. The standard InChI is InChI=1S/C5H10S/c1-3-4-5(2)6/h3-6H,1-2H3/b4-3-. The van der Waals surface area contributed by atoms with Gasteiger partial charge in [-0.2, -0.15) is 12.6 Å². The van der Waals surface area contributed by atoms with Crippen LogP contribution in [-0.2, 0) is 0 Å². The molecule has 0 aromatic rings. The van der Waals surface area contributed by atoms with Crippen molar-refractivity contribution in [1.82, 2.24) is 0 Å². The third-order valence-corrected chi connectivity index (χ3v) is 0.643. The van der Waals surface area contributed by atoms with Gasteiger partial charge in [0.1, 0.15) is 0 Å². The maximum atomic E-state index is 4.09. The van der Waals surface area contributed by atoms with Gasteiger partial charge in [-0.05, 0) is 6.92 Å². The van der Waals surface area contributed by atoms with Gasteiger partial charge in [0.2, 0.25) is 0 Å². The first-order chi connectivity index (χ1) is 2.77. The second-order valence-electron chi connectivity index (χ2n) is 1.27. The van der Waals surface area contributed by atoms with Crippen LogP contribution in [0.25, 0.3) is 0 Å². The SMILES string of the molecule is C/C=C\C(C)S. The van der Waals surface area contributed by atoms with Gasteiger partial charge in [-0.15, -0.1) is 0 Å². The highest BCUT2D eigenvalue weighted by atomic mass is 32.1. The monoisotopic (exact) mass is 102 g/mol. The molecule has 0 aliphatic heterocycles. The topological polar surface area (TPSA) is 0 Å². The molecule has 0 aromatic heterocycles. The Morgan fingerprint density at radius 2 is 2.17 bits per heavy atom. The van der Waals surface area contributed by atoms with Crippen molar-refractivity contribution in [2.75, 3.05) is 0 Å². The van der Waals surface area contributed by atoms with E-state index in [0.717, 1.165) is 0 Å². The van der Waals surface area contributed by atoms with Crippen LogP contribution in [0.15, 0.2) is 12.2 Å². The summed E-state index contributed by atoms with van der Waals surface area (Å²) in [6.45, 7) is 4.02. The number of thiol groups is 1. The lowest BCUT2D eigenvalue weighted by Crippen LogP contribution is -1.77. The first-order valence-corrected chi connectivity index (χ1v) is 2.60. The fourth-order valence-electron chi connectivity index (χ4n) is 0.279. The summed E-state index contributed by atoms with van der Waals surface area (Å²) in [7, 11) is 0. The normalized spacial score (nSPS) is 15.8. The molecule has 1 heteroatoms. The largest absolute Gasteiger partial charge is 0.172 e. The van der Waals surface area contributed by atoms with Gasteiger partial charge >= 0.3 is 0 Å². The van der Waals surface area contributed by atoms with Crippen molar-refractivity contribution < 1.29 is 0 Å². The van der Waals surface area contributed by atoms with Crippen LogP contribution in [0.2, 0.25) is 0 Å². The maximum absolute atomic E-state index is 4.09. The first-order valence-electron chi connectivity index (χ1n) is 2.08. The Labute approximate surface area is 44.7 Å². The molecule has 6 heavy (non-hydrogen) atoms. The summed E-state index contributed by atoms with van der Waals surface area (Å²) < 4.78 is 0. The number of rotatable bonds is 1. The Hall–Kier alpha value is 0.0900. The van der Waals surface area contributed by atoms with E-state index in [2.05, 4.69) is 12.6 Å². The van der Waals surface area contributed by atoms with Crippen molar-refractivity contribution in [3.63, 3.8) is 0 Å². The van der Waals surface area contributed by atoms with E-state index in [1.54, 1.807) is 0 Å². The molecule has 0 spiro atoms. The highest BCUT2D eigenvalue weighted by Gasteiger charge is 1.77. The first kappa shape index (κ1) is 6.09. The van der Waals surface area contributed by atoms with E-state index in [0.29, 0.717) is 5.25 Å². The third-order valence-electron chi connectivity index (χ3n) is 0.471. The van der Waals surface area contributed by atoms with Crippen molar-refractivity contribution in [3.8, 4) is 0 Å². The molecule has 0 fully saturated rings. The van der Waals surface area contributed by atoms with Crippen LogP contribution in [0.5, 0.6) is 0 Å². The minimum Gasteiger partial charge on any atom is -0.172 e. The Bertz CT molecular complexity index is 45.9. The Balaban J connectivity index is 3.03. The van der Waals surface area contributed by atoms with Gasteiger partial charge in [-0.1, -0.05) is 19.1 Å². The summed E-state index contributed by atoms with van der Waals surface area (Å²) in [6, 6.07) is 0. The summed E-state index contributed by atoms with van der Waals surface area (Å²) in [5, 5.41) is 0.412. The van der Waals surface area contributed by atoms with E-state index in [1.807, 2.05) is 26.0 Å². The smallest absolute Gasteiger partial charge is 0.0168 e. The zero-order valence-corrected chi connectivity index (χ0v) is 5.07. The van der Waals surface area contributed by atoms with E-state index < -0.39 is 0 Å². The van der Waals surface area contributed by atoms with Crippen LogP contribution >= 0.6 is 12.6 Å². The van der Waals surface area contributed by atoms with Gasteiger partial charge in [0.05, 0.1) is 0 Å². The van der Waals surface area contributed by atoms with Crippen LogP contribution < -0.4 is 0 Å². The molecule has 0 bridgehead atoms. The average Bonchev–Trinajstić information content (AvgIpc) is 1.35. The minimum absolute atomic E-state index is 0.412. The molecule has 0 saturated heterocycles. The summed E-state index contributed by atoms with van der Waals surface area (Å²) in [6.07, 6.45) is 4.03. The molecule has 1 atom stereocenters. The van der Waals surface area contributed by atoms with E-state index in [4.69, 9.17) is 0 Å². The molecule has 1 unspecified atom stereocenters. The Kier molecular flexibility index (Phi) is 3.34. The van der Waals surface area contributed by atoms with Crippen molar-refractivity contribution >= 4 is 12.6 Å². The molecular formula is C5H10S. The fraction of sp³-hybridized carbons (Fsp3) is 0.600. The molecular weight excluding hydrogens is 92.1 g/mol. The lowest BCUT2D eigenvalue weighted by Gasteiger charge is -1.86. The van der Waals surface area contributed by atoms with Crippen molar-refractivity contribution in [2.24, 2.45) is 0 Å². The van der Waals surface area contributed by atoms with Crippen LogP contribution in [-0.4, -0.2) is 5.25 Å². The molecule has 36 valence electrons. The van der Waals surface area contributed by atoms with Crippen molar-refractivity contribution in [1.29, 1.82) is 0 Å². The van der Waals surface area contributed by atoms with Crippen LogP contribution in [0.4, 0.5) is 0 Å². The van der Waals surface area contributed by atoms with Gasteiger partial charge in [0.25, 0.3) is 0 Å². The van der Waals surface area contributed by atoms with Crippen LogP contribution in [0.1, 0.15) is 13.8 Å². The quantitative estimate of drug-likeness (QED) is 0.379. The van der Waals surface area contributed by atoms with Gasteiger partial charge in [-0.3, -0.25) is 0 Å². The van der Waals surface area contributed by atoms with E-state index in [1.165, 1.54) is 0 Å². The minimum atomic E-state index is 0.412. The molecule has 0 aromatic carbocycles. The molecule has 0 aliphatic rings. The number of hydrogen-bond donors (Lipinski definition) is 1. The van der Waals surface area contributed by atoms with E-state index in [9.17, 15) is 0 Å². The van der Waals surface area contributed by atoms with Crippen LogP contribution in [0, 0.1) is 0 Å². The molecule has 0 nitrogen and oxygen atoms in total. The second-order valence-corrected chi connectivity index (χ2v) is 2.08. The maximum Gasteiger partial charge on any atom is 0.0168 e. The second kappa shape index (κ2) is 3.29. The lowest BCUT2D eigenvalue weighted by molar-refractivity contribution is 1.25.